The summed E-state index contributed by atoms with van der Waals surface area (Å²) in [6.45, 7) is 0. The molecule has 0 N–H and O–H groups in total. The van der Waals surface area contributed by atoms with Crippen molar-refractivity contribution in [3.8, 4) is 11.3 Å². The van der Waals surface area contributed by atoms with E-state index in [9.17, 15) is 13.6 Å². The summed E-state index contributed by atoms with van der Waals surface area (Å²) in [5, 5.41) is 4.76. The van der Waals surface area contributed by atoms with Crippen LogP contribution in [0.5, 0.6) is 0 Å². The van der Waals surface area contributed by atoms with Crippen LogP contribution in [-0.4, -0.2) is 36.6 Å². The van der Waals surface area contributed by atoms with Crippen LogP contribution in [0.1, 0.15) is 46.9 Å². The predicted molar refractivity (Wildman–Crippen MR) is 118 cm³/mol. The van der Waals surface area contributed by atoms with Crippen molar-refractivity contribution in [1.82, 2.24) is 24.6 Å². The fourth-order valence-electron chi connectivity index (χ4n) is 5.40. The maximum atomic E-state index is 14.0. The van der Waals surface area contributed by atoms with E-state index in [1.54, 1.807) is 35.3 Å². The SMILES string of the molecule is Cn1nc2c(c1-c1ccc(F)c(F)c1)CC1CCCC2N1C(=O)c1ccc2nccnc2c1. The standard InChI is InChI=1S/C25H21F2N5O/c1-31-24(14-5-7-18(26)19(27)11-14)17-13-16-3-2-4-22(23(17)30-31)32(16)25(33)15-6-8-20-21(12-15)29-10-9-28-20/h5-12,16,22H,2-4,13H2,1H3. The molecule has 6 rings (SSSR count). The Morgan fingerprint density at radius 2 is 1.82 bits per heavy atom. The van der Waals surface area contributed by atoms with Crippen molar-refractivity contribution in [3.05, 3.63) is 77.2 Å². The van der Waals surface area contributed by atoms with Gasteiger partial charge in [-0.2, -0.15) is 5.10 Å². The number of carbonyl (C=O) groups excluding carboxylic acids is 1. The molecule has 1 fully saturated rings. The quantitative estimate of drug-likeness (QED) is 0.452. The van der Waals surface area contributed by atoms with Gasteiger partial charge in [-0.1, -0.05) is 0 Å². The van der Waals surface area contributed by atoms with E-state index < -0.39 is 11.6 Å². The fourth-order valence-corrected chi connectivity index (χ4v) is 5.40. The molecule has 2 aromatic heterocycles. The van der Waals surface area contributed by atoms with Gasteiger partial charge in [0.2, 0.25) is 0 Å². The summed E-state index contributed by atoms with van der Waals surface area (Å²) in [7, 11) is 1.81. The van der Waals surface area contributed by atoms with E-state index in [2.05, 4.69) is 9.97 Å². The van der Waals surface area contributed by atoms with Gasteiger partial charge in [-0.3, -0.25) is 19.4 Å². The van der Waals surface area contributed by atoms with Crippen LogP contribution >= 0.6 is 0 Å². The number of fused-ring (bicyclic) bond motifs is 5. The van der Waals surface area contributed by atoms with Crippen molar-refractivity contribution in [1.29, 1.82) is 0 Å². The van der Waals surface area contributed by atoms with Crippen LogP contribution in [0.15, 0.2) is 48.8 Å². The summed E-state index contributed by atoms with van der Waals surface area (Å²) in [4.78, 5) is 24.2. The number of benzene rings is 2. The maximum Gasteiger partial charge on any atom is 0.254 e. The van der Waals surface area contributed by atoms with Crippen molar-refractivity contribution in [2.24, 2.45) is 7.05 Å². The lowest BCUT2D eigenvalue weighted by Crippen LogP contribution is -2.49. The topological polar surface area (TPSA) is 63.9 Å². The zero-order valence-corrected chi connectivity index (χ0v) is 18.0. The summed E-state index contributed by atoms with van der Waals surface area (Å²) in [5.41, 5.74) is 5.26. The first-order chi connectivity index (χ1) is 16.0. The second-order valence-electron chi connectivity index (χ2n) is 8.74. The Hall–Kier alpha value is -3.68. The third-order valence-corrected chi connectivity index (χ3v) is 6.82. The molecule has 2 bridgehead atoms. The number of carbonyl (C=O) groups is 1. The summed E-state index contributed by atoms with van der Waals surface area (Å²) in [5.74, 6) is -1.79. The molecule has 2 unspecified atom stereocenters. The van der Waals surface area contributed by atoms with Crippen LogP contribution in [-0.2, 0) is 13.5 Å². The third kappa shape index (κ3) is 3.12. The molecule has 2 atom stereocenters. The van der Waals surface area contributed by atoms with Gasteiger partial charge in [-0.05, 0) is 62.1 Å². The highest BCUT2D eigenvalue weighted by Crippen LogP contribution is 2.45. The van der Waals surface area contributed by atoms with E-state index in [-0.39, 0.29) is 18.0 Å². The van der Waals surface area contributed by atoms with Gasteiger partial charge in [0, 0.05) is 42.2 Å². The third-order valence-electron chi connectivity index (χ3n) is 6.82. The Kier molecular flexibility index (Phi) is 4.50. The van der Waals surface area contributed by atoms with Gasteiger partial charge in [0.1, 0.15) is 0 Å². The minimum atomic E-state index is -0.880. The minimum absolute atomic E-state index is 0.0227. The van der Waals surface area contributed by atoms with E-state index in [1.807, 2.05) is 18.0 Å². The number of rotatable bonds is 2. The van der Waals surface area contributed by atoms with Crippen LogP contribution < -0.4 is 0 Å². The molecule has 2 aliphatic heterocycles. The van der Waals surface area contributed by atoms with Gasteiger partial charge < -0.3 is 4.90 Å². The first-order valence-corrected chi connectivity index (χ1v) is 11.1. The first-order valence-electron chi connectivity index (χ1n) is 11.1. The number of piperidine rings is 1. The van der Waals surface area contributed by atoms with Crippen molar-refractivity contribution < 1.29 is 13.6 Å². The number of hydrogen-bond donors (Lipinski definition) is 0. The van der Waals surface area contributed by atoms with Crippen LogP contribution in [0, 0.1) is 11.6 Å². The maximum absolute atomic E-state index is 14.0. The number of nitrogens with zero attached hydrogens (tertiary/aromatic N) is 5. The molecule has 1 saturated heterocycles. The molecule has 4 aromatic rings. The highest BCUT2D eigenvalue weighted by atomic mass is 19.2. The lowest BCUT2D eigenvalue weighted by molar-refractivity contribution is 0.0392. The molecule has 8 heteroatoms. The summed E-state index contributed by atoms with van der Waals surface area (Å²) >= 11 is 0. The van der Waals surface area contributed by atoms with Crippen LogP contribution in [0.25, 0.3) is 22.3 Å². The molecular formula is C25H21F2N5O. The largest absolute Gasteiger partial charge is 0.327 e. The second kappa shape index (κ2) is 7.43. The molecule has 0 spiro atoms. The highest BCUT2D eigenvalue weighted by molar-refractivity contribution is 5.98. The van der Waals surface area contributed by atoms with Crippen molar-refractivity contribution in [3.63, 3.8) is 0 Å². The number of amides is 1. The molecule has 4 heterocycles. The Morgan fingerprint density at radius 1 is 1.00 bits per heavy atom. The van der Waals surface area contributed by atoms with Crippen LogP contribution in [0.3, 0.4) is 0 Å². The molecule has 1 amide bonds. The summed E-state index contributed by atoms with van der Waals surface area (Å²) in [6.07, 6.45) is 6.60. The van der Waals surface area contributed by atoms with Crippen LogP contribution in [0.4, 0.5) is 8.78 Å². The van der Waals surface area contributed by atoms with E-state index in [1.165, 1.54) is 6.07 Å². The van der Waals surface area contributed by atoms with Crippen LogP contribution in [0.2, 0.25) is 0 Å². The Bertz CT molecular complexity index is 1420. The normalized spacial score (nSPS) is 19.5. The Labute approximate surface area is 188 Å². The molecule has 166 valence electrons. The zero-order chi connectivity index (χ0) is 22.7. The minimum Gasteiger partial charge on any atom is -0.327 e. The molecule has 0 radical (unpaired) electrons. The first kappa shape index (κ1) is 20.0. The highest BCUT2D eigenvalue weighted by Gasteiger charge is 2.43. The van der Waals surface area contributed by atoms with E-state index in [0.717, 1.165) is 47.8 Å². The van der Waals surface area contributed by atoms with Gasteiger partial charge in [0.25, 0.3) is 5.91 Å². The summed E-state index contributed by atoms with van der Waals surface area (Å²) in [6, 6.07) is 9.23. The number of aromatic nitrogens is 4. The average molecular weight is 445 g/mol. The van der Waals surface area contributed by atoms with E-state index >= 15 is 0 Å². The molecule has 0 saturated carbocycles. The van der Waals surface area contributed by atoms with Gasteiger partial charge in [-0.15, -0.1) is 0 Å². The van der Waals surface area contributed by atoms with Crippen molar-refractivity contribution in [2.45, 2.75) is 37.8 Å². The molecule has 33 heavy (non-hydrogen) atoms. The zero-order valence-electron chi connectivity index (χ0n) is 18.0. The van der Waals surface area contributed by atoms with Crippen molar-refractivity contribution in [2.75, 3.05) is 0 Å². The fraction of sp³-hybridized carbons (Fsp3) is 0.280. The molecule has 2 aromatic carbocycles. The summed E-state index contributed by atoms with van der Waals surface area (Å²) < 4.78 is 29.2. The Balaban J connectivity index is 1.42. The number of hydrogen-bond acceptors (Lipinski definition) is 4. The van der Waals surface area contributed by atoms with Crippen molar-refractivity contribution >= 4 is 16.9 Å². The van der Waals surface area contributed by atoms with Gasteiger partial charge >= 0.3 is 0 Å². The number of halogens is 2. The smallest absolute Gasteiger partial charge is 0.254 e. The van der Waals surface area contributed by atoms with Gasteiger partial charge in [0.15, 0.2) is 11.6 Å². The van der Waals surface area contributed by atoms with Gasteiger partial charge in [-0.25, -0.2) is 8.78 Å². The molecular weight excluding hydrogens is 424 g/mol. The molecule has 0 aliphatic carbocycles. The van der Waals surface area contributed by atoms with E-state index in [0.29, 0.717) is 23.1 Å². The molecule has 6 nitrogen and oxygen atoms in total. The monoisotopic (exact) mass is 445 g/mol. The predicted octanol–water partition coefficient (Wildman–Crippen LogP) is 4.60. The Morgan fingerprint density at radius 3 is 2.64 bits per heavy atom. The lowest BCUT2D eigenvalue weighted by atomic mass is 9.81. The molecule has 2 aliphatic rings. The average Bonchev–Trinajstić information content (AvgIpc) is 3.15. The number of aryl methyl sites for hydroxylation is 1. The lowest BCUT2D eigenvalue weighted by Gasteiger charge is -2.45. The van der Waals surface area contributed by atoms with E-state index in [4.69, 9.17) is 5.10 Å². The second-order valence-corrected chi connectivity index (χ2v) is 8.74. The van der Waals surface area contributed by atoms with Gasteiger partial charge in [0.05, 0.1) is 28.5 Å².